The molecule has 1 aromatic heterocycles. The highest BCUT2D eigenvalue weighted by atomic mass is 19.1. The summed E-state index contributed by atoms with van der Waals surface area (Å²) in [5.41, 5.74) is 2.34. The molecule has 1 saturated heterocycles. The monoisotopic (exact) mass is 246 g/mol. The minimum atomic E-state index is -0.147. The van der Waals surface area contributed by atoms with Crippen molar-refractivity contribution in [2.75, 3.05) is 20.1 Å². The van der Waals surface area contributed by atoms with Crippen LogP contribution in [0.4, 0.5) is 4.39 Å². The van der Waals surface area contributed by atoms with Crippen molar-refractivity contribution in [3.63, 3.8) is 0 Å². The molecule has 1 fully saturated rings. The van der Waals surface area contributed by atoms with Crippen molar-refractivity contribution < 1.29 is 4.39 Å². The number of nitrogens with zero attached hydrogens (tertiary/aromatic N) is 2. The Hall–Kier alpha value is -1.35. The highest BCUT2D eigenvalue weighted by Crippen LogP contribution is 2.29. The molecule has 0 atom stereocenters. The van der Waals surface area contributed by atoms with Crippen molar-refractivity contribution in [3.8, 4) is 0 Å². The van der Waals surface area contributed by atoms with E-state index in [1.165, 1.54) is 23.9 Å². The summed E-state index contributed by atoms with van der Waals surface area (Å²) in [7, 11) is 2.17. The summed E-state index contributed by atoms with van der Waals surface area (Å²) in [4.78, 5) is 2.37. The number of aromatic nitrogens is 1. The lowest BCUT2D eigenvalue weighted by Crippen LogP contribution is -2.31. The highest BCUT2D eigenvalue weighted by molar-refractivity contribution is 5.83. The number of benzene rings is 1. The molecule has 0 aliphatic carbocycles. The van der Waals surface area contributed by atoms with E-state index in [-0.39, 0.29) is 5.82 Å². The number of likely N-dealkylation sites (tertiary alicyclic amines) is 1. The Morgan fingerprint density at radius 3 is 2.67 bits per heavy atom. The molecular formula is C15H19FN2. The summed E-state index contributed by atoms with van der Waals surface area (Å²) in [6.45, 7) is 4.35. The number of fused-ring (bicyclic) bond motifs is 1. The Morgan fingerprint density at radius 2 is 1.94 bits per heavy atom. The molecule has 96 valence electrons. The van der Waals surface area contributed by atoms with Crippen molar-refractivity contribution in [1.29, 1.82) is 0 Å². The van der Waals surface area contributed by atoms with Gasteiger partial charge in [0.1, 0.15) is 5.82 Å². The standard InChI is InChI=1S/C15H19FN2/c1-11-10-18(13-5-7-17(2)8-6-13)15-4-3-12(16)9-14(11)15/h3-4,9-10,13H,5-8H2,1-2H3. The fourth-order valence-electron chi connectivity index (χ4n) is 2.97. The van der Waals surface area contributed by atoms with Crippen molar-refractivity contribution in [3.05, 3.63) is 35.8 Å². The first kappa shape index (κ1) is 11.7. The summed E-state index contributed by atoms with van der Waals surface area (Å²) in [5.74, 6) is -0.147. The number of halogens is 1. The molecule has 2 nitrogen and oxygen atoms in total. The van der Waals surface area contributed by atoms with Gasteiger partial charge in [0, 0.05) is 23.1 Å². The van der Waals surface area contributed by atoms with Crippen LogP contribution in [0.3, 0.4) is 0 Å². The molecule has 1 aliphatic heterocycles. The SMILES string of the molecule is Cc1cn(C2CCN(C)CC2)c2ccc(F)cc12. The molecule has 0 bridgehead atoms. The molecular weight excluding hydrogens is 227 g/mol. The fourth-order valence-corrected chi connectivity index (χ4v) is 2.97. The number of hydrogen-bond acceptors (Lipinski definition) is 1. The summed E-state index contributed by atoms with van der Waals surface area (Å²) < 4.78 is 15.6. The zero-order chi connectivity index (χ0) is 12.7. The van der Waals surface area contributed by atoms with Crippen LogP contribution in [-0.2, 0) is 0 Å². The van der Waals surface area contributed by atoms with Gasteiger partial charge in [-0.3, -0.25) is 0 Å². The number of piperidine rings is 1. The van der Waals surface area contributed by atoms with E-state index in [1.54, 1.807) is 12.1 Å². The molecule has 0 amide bonds. The summed E-state index contributed by atoms with van der Waals surface area (Å²) >= 11 is 0. The van der Waals surface area contributed by atoms with Crippen LogP contribution in [0.1, 0.15) is 24.4 Å². The molecule has 0 unspecified atom stereocenters. The Morgan fingerprint density at radius 1 is 1.22 bits per heavy atom. The molecule has 1 aromatic carbocycles. The fraction of sp³-hybridized carbons (Fsp3) is 0.467. The second kappa shape index (κ2) is 4.39. The Kier molecular flexibility index (Phi) is 2.86. The number of hydrogen-bond donors (Lipinski definition) is 0. The van der Waals surface area contributed by atoms with E-state index < -0.39 is 0 Å². The van der Waals surface area contributed by atoms with Gasteiger partial charge in [-0.25, -0.2) is 4.39 Å². The van der Waals surface area contributed by atoms with E-state index in [9.17, 15) is 4.39 Å². The number of rotatable bonds is 1. The van der Waals surface area contributed by atoms with E-state index in [0.717, 1.165) is 18.5 Å². The van der Waals surface area contributed by atoms with Gasteiger partial charge in [0.2, 0.25) is 0 Å². The minimum absolute atomic E-state index is 0.147. The molecule has 0 radical (unpaired) electrons. The Labute approximate surface area is 107 Å². The average molecular weight is 246 g/mol. The topological polar surface area (TPSA) is 8.17 Å². The molecule has 0 N–H and O–H groups in total. The average Bonchev–Trinajstić information content (AvgIpc) is 2.68. The van der Waals surface area contributed by atoms with E-state index in [2.05, 4.69) is 29.6 Å². The molecule has 3 heteroatoms. The maximum Gasteiger partial charge on any atom is 0.123 e. The van der Waals surface area contributed by atoms with Gasteiger partial charge in [-0.05, 0) is 63.7 Å². The second-order valence-electron chi connectivity index (χ2n) is 5.42. The van der Waals surface area contributed by atoms with Crippen molar-refractivity contribution in [1.82, 2.24) is 9.47 Å². The van der Waals surface area contributed by atoms with Crippen LogP contribution < -0.4 is 0 Å². The molecule has 2 aromatic rings. The van der Waals surface area contributed by atoms with E-state index in [0.29, 0.717) is 6.04 Å². The Balaban J connectivity index is 2.02. The zero-order valence-corrected chi connectivity index (χ0v) is 11.0. The van der Waals surface area contributed by atoms with Gasteiger partial charge in [-0.2, -0.15) is 0 Å². The van der Waals surface area contributed by atoms with Gasteiger partial charge >= 0.3 is 0 Å². The predicted molar refractivity (Wildman–Crippen MR) is 72.4 cm³/mol. The quantitative estimate of drug-likeness (QED) is 0.749. The van der Waals surface area contributed by atoms with Crippen LogP contribution in [0.15, 0.2) is 24.4 Å². The van der Waals surface area contributed by atoms with Gasteiger partial charge in [-0.1, -0.05) is 0 Å². The lowest BCUT2D eigenvalue weighted by Gasteiger charge is -2.30. The van der Waals surface area contributed by atoms with Crippen LogP contribution in [0, 0.1) is 12.7 Å². The van der Waals surface area contributed by atoms with Crippen LogP contribution >= 0.6 is 0 Å². The van der Waals surface area contributed by atoms with Crippen LogP contribution in [0.2, 0.25) is 0 Å². The van der Waals surface area contributed by atoms with Crippen molar-refractivity contribution in [2.24, 2.45) is 0 Å². The lowest BCUT2D eigenvalue weighted by molar-refractivity contribution is 0.224. The van der Waals surface area contributed by atoms with Crippen LogP contribution in [0.25, 0.3) is 10.9 Å². The summed E-state index contributed by atoms with van der Waals surface area (Å²) in [6, 6.07) is 5.68. The van der Waals surface area contributed by atoms with E-state index in [4.69, 9.17) is 0 Å². The van der Waals surface area contributed by atoms with Gasteiger partial charge < -0.3 is 9.47 Å². The minimum Gasteiger partial charge on any atom is -0.344 e. The first-order valence-corrected chi connectivity index (χ1v) is 6.60. The van der Waals surface area contributed by atoms with Crippen LogP contribution in [0.5, 0.6) is 0 Å². The van der Waals surface area contributed by atoms with E-state index >= 15 is 0 Å². The third kappa shape index (κ3) is 1.93. The third-order valence-corrected chi connectivity index (χ3v) is 4.08. The maximum atomic E-state index is 13.3. The zero-order valence-electron chi connectivity index (χ0n) is 11.0. The van der Waals surface area contributed by atoms with Crippen molar-refractivity contribution in [2.45, 2.75) is 25.8 Å². The van der Waals surface area contributed by atoms with Crippen LogP contribution in [-0.4, -0.2) is 29.6 Å². The van der Waals surface area contributed by atoms with Gasteiger partial charge in [0.05, 0.1) is 0 Å². The highest BCUT2D eigenvalue weighted by Gasteiger charge is 2.20. The normalized spacial score (nSPS) is 18.6. The predicted octanol–water partition coefficient (Wildman–Crippen LogP) is 3.36. The first-order valence-electron chi connectivity index (χ1n) is 6.60. The smallest absolute Gasteiger partial charge is 0.123 e. The van der Waals surface area contributed by atoms with Crippen molar-refractivity contribution >= 4 is 10.9 Å². The largest absolute Gasteiger partial charge is 0.344 e. The molecule has 0 saturated carbocycles. The van der Waals surface area contributed by atoms with Gasteiger partial charge in [0.15, 0.2) is 0 Å². The number of aryl methyl sites for hydroxylation is 1. The molecule has 2 heterocycles. The maximum absolute atomic E-state index is 13.3. The summed E-state index contributed by atoms with van der Waals surface area (Å²) in [5, 5.41) is 1.05. The lowest BCUT2D eigenvalue weighted by atomic mass is 10.1. The third-order valence-electron chi connectivity index (χ3n) is 4.08. The second-order valence-corrected chi connectivity index (χ2v) is 5.42. The molecule has 1 aliphatic rings. The van der Waals surface area contributed by atoms with E-state index in [1.807, 2.05) is 6.07 Å². The van der Waals surface area contributed by atoms with Gasteiger partial charge in [0.25, 0.3) is 0 Å². The Bertz CT molecular complexity index is 565. The summed E-state index contributed by atoms with van der Waals surface area (Å²) in [6.07, 6.45) is 4.54. The van der Waals surface area contributed by atoms with Gasteiger partial charge in [-0.15, -0.1) is 0 Å². The molecule has 3 rings (SSSR count). The first-order chi connectivity index (χ1) is 8.65. The molecule has 18 heavy (non-hydrogen) atoms. The molecule has 0 spiro atoms.